The Hall–Kier alpha value is -2.96. The van der Waals surface area contributed by atoms with Crippen LogP contribution in [-0.2, 0) is 7.05 Å². The quantitative estimate of drug-likeness (QED) is 0.773. The Morgan fingerprint density at radius 3 is 2.86 bits per heavy atom. The molecule has 7 heteroatoms. The summed E-state index contributed by atoms with van der Waals surface area (Å²) in [5.41, 5.74) is 1.50. The fourth-order valence-electron chi connectivity index (χ4n) is 2.03. The van der Waals surface area contributed by atoms with Crippen molar-refractivity contribution in [2.24, 2.45) is 7.05 Å². The Balaban J connectivity index is 2.01. The minimum absolute atomic E-state index is 0.109. The number of fused-ring (bicyclic) bond motifs is 1. The van der Waals surface area contributed by atoms with Crippen LogP contribution in [0.15, 0.2) is 36.8 Å². The number of rotatable bonds is 3. The number of carboxylic acid groups (broad SMARTS) is 1. The van der Waals surface area contributed by atoms with E-state index in [1.54, 1.807) is 18.6 Å². The van der Waals surface area contributed by atoms with Crippen molar-refractivity contribution in [2.75, 3.05) is 5.32 Å². The molecule has 0 aliphatic carbocycles. The number of benzene rings is 1. The van der Waals surface area contributed by atoms with E-state index in [0.29, 0.717) is 11.3 Å². The number of hydrogen-bond acceptors (Lipinski definition) is 4. The van der Waals surface area contributed by atoms with Gasteiger partial charge in [0.25, 0.3) is 0 Å². The van der Waals surface area contributed by atoms with Gasteiger partial charge >= 0.3 is 5.97 Å². The summed E-state index contributed by atoms with van der Waals surface area (Å²) < 4.78 is 15.7. The number of aryl methyl sites for hydroxylation is 1. The van der Waals surface area contributed by atoms with Crippen LogP contribution < -0.4 is 5.32 Å². The number of nitrogens with zero attached hydrogens (tertiary/aromatic N) is 3. The minimum atomic E-state index is -1.18. The molecule has 0 aliphatic heterocycles. The Labute approximate surface area is 118 Å². The molecule has 3 rings (SSSR count). The van der Waals surface area contributed by atoms with E-state index in [4.69, 9.17) is 5.11 Å². The fraction of sp³-hybridized carbons (Fsp3) is 0.0714. The molecule has 0 fully saturated rings. The maximum absolute atomic E-state index is 13.9. The maximum Gasteiger partial charge on any atom is 0.335 e. The Kier molecular flexibility index (Phi) is 3.02. The zero-order chi connectivity index (χ0) is 15.0. The van der Waals surface area contributed by atoms with Gasteiger partial charge in [-0.2, -0.15) is 0 Å². The van der Waals surface area contributed by atoms with Crippen LogP contribution in [-0.4, -0.2) is 25.6 Å². The Morgan fingerprint density at radius 2 is 2.14 bits per heavy atom. The second-order valence-electron chi connectivity index (χ2n) is 4.51. The van der Waals surface area contributed by atoms with Crippen molar-refractivity contribution in [1.29, 1.82) is 0 Å². The van der Waals surface area contributed by atoms with Crippen molar-refractivity contribution in [1.82, 2.24) is 14.5 Å². The van der Waals surface area contributed by atoms with E-state index in [2.05, 4.69) is 15.3 Å². The highest BCUT2D eigenvalue weighted by Crippen LogP contribution is 2.24. The van der Waals surface area contributed by atoms with Gasteiger partial charge in [-0.05, 0) is 24.3 Å². The SMILES string of the molecule is Cn1cnc2c(Nc3ccc(C(=O)O)cc3F)nccc21. The first kappa shape index (κ1) is 13.0. The largest absolute Gasteiger partial charge is 0.478 e. The van der Waals surface area contributed by atoms with Crippen LogP contribution in [0.1, 0.15) is 10.4 Å². The predicted octanol–water partition coefficient (Wildman–Crippen LogP) is 2.55. The second kappa shape index (κ2) is 4.86. The zero-order valence-corrected chi connectivity index (χ0v) is 11.0. The van der Waals surface area contributed by atoms with Crippen molar-refractivity contribution >= 4 is 28.5 Å². The lowest BCUT2D eigenvalue weighted by Crippen LogP contribution is -2.01. The lowest BCUT2D eigenvalue weighted by atomic mass is 10.2. The molecule has 0 radical (unpaired) electrons. The van der Waals surface area contributed by atoms with Gasteiger partial charge < -0.3 is 15.0 Å². The summed E-state index contributed by atoms with van der Waals surface area (Å²) in [7, 11) is 1.85. The summed E-state index contributed by atoms with van der Waals surface area (Å²) in [5, 5.41) is 11.7. The number of imidazole rings is 1. The first-order chi connectivity index (χ1) is 10.1. The van der Waals surface area contributed by atoms with E-state index < -0.39 is 11.8 Å². The standard InChI is InChI=1S/C14H11FN4O2/c1-19-7-17-12-11(19)4-5-16-13(12)18-10-3-2-8(14(20)21)6-9(10)15/h2-7H,1H3,(H,16,18)(H,20,21). The highest BCUT2D eigenvalue weighted by atomic mass is 19.1. The molecule has 0 saturated carbocycles. The lowest BCUT2D eigenvalue weighted by Gasteiger charge is -2.08. The molecular weight excluding hydrogens is 275 g/mol. The maximum atomic E-state index is 13.9. The number of nitrogens with one attached hydrogen (secondary N) is 1. The normalized spacial score (nSPS) is 10.8. The predicted molar refractivity (Wildman–Crippen MR) is 75.2 cm³/mol. The minimum Gasteiger partial charge on any atom is -0.478 e. The average molecular weight is 286 g/mol. The molecule has 2 aromatic heterocycles. The van der Waals surface area contributed by atoms with Crippen molar-refractivity contribution in [3.8, 4) is 0 Å². The van der Waals surface area contributed by atoms with Crippen LogP contribution in [0.2, 0.25) is 0 Å². The number of pyridine rings is 1. The number of carbonyl (C=O) groups is 1. The van der Waals surface area contributed by atoms with Crippen molar-refractivity contribution in [3.05, 3.63) is 48.2 Å². The topological polar surface area (TPSA) is 80.0 Å². The molecule has 3 aromatic rings. The summed E-state index contributed by atoms with van der Waals surface area (Å²) in [4.78, 5) is 19.1. The van der Waals surface area contributed by atoms with Gasteiger partial charge in [0.15, 0.2) is 5.82 Å². The monoisotopic (exact) mass is 286 g/mol. The van der Waals surface area contributed by atoms with Gasteiger partial charge in [0.1, 0.15) is 11.3 Å². The van der Waals surface area contributed by atoms with Crippen LogP contribution in [0.5, 0.6) is 0 Å². The molecule has 6 nitrogen and oxygen atoms in total. The van der Waals surface area contributed by atoms with Gasteiger partial charge in [-0.15, -0.1) is 0 Å². The van der Waals surface area contributed by atoms with E-state index in [1.165, 1.54) is 12.1 Å². The van der Waals surface area contributed by atoms with E-state index >= 15 is 0 Å². The van der Waals surface area contributed by atoms with Gasteiger partial charge in [-0.1, -0.05) is 0 Å². The third kappa shape index (κ3) is 2.29. The zero-order valence-electron chi connectivity index (χ0n) is 11.0. The summed E-state index contributed by atoms with van der Waals surface area (Å²) in [5.74, 6) is -1.43. The number of anilines is 2. The van der Waals surface area contributed by atoms with Gasteiger partial charge in [0.05, 0.1) is 23.1 Å². The van der Waals surface area contributed by atoms with E-state index in [-0.39, 0.29) is 11.3 Å². The van der Waals surface area contributed by atoms with E-state index in [0.717, 1.165) is 11.6 Å². The van der Waals surface area contributed by atoms with Gasteiger partial charge in [0, 0.05) is 13.2 Å². The van der Waals surface area contributed by atoms with Crippen LogP contribution in [0.3, 0.4) is 0 Å². The summed E-state index contributed by atoms with van der Waals surface area (Å²) >= 11 is 0. The molecule has 0 bridgehead atoms. The molecule has 1 aromatic carbocycles. The molecule has 21 heavy (non-hydrogen) atoms. The smallest absolute Gasteiger partial charge is 0.335 e. The molecule has 0 aliphatic rings. The van der Waals surface area contributed by atoms with E-state index in [1.807, 2.05) is 11.6 Å². The summed E-state index contributed by atoms with van der Waals surface area (Å²) in [6.45, 7) is 0. The summed E-state index contributed by atoms with van der Waals surface area (Å²) in [6, 6.07) is 5.45. The summed E-state index contributed by atoms with van der Waals surface area (Å²) in [6.07, 6.45) is 3.23. The third-order valence-corrected chi connectivity index (χ3v) is 3.11. The van der Waals surface area contributed by atoms with Crippen LogP contribution in [0, 0.1) is 5.82 Å². The van der Waals surface area contributed by atoms with Crippen molar-refractivity contribution in [3.63, 3.8) is 0 Å². The number of aromatic nitrogens is 3. The highest BCUT2D eigenvalue weighted by molar-refractivity contribution is 5.90. The van der Waals surface area contributed by atoms with Crippen molar-refractivity contribution < 1.29 is 14.3 Å². The molecule has 0 amide bonds. The molecule has 2 heterocycles. The lowest BCUT2D eigenvalue weighted by molar-refractivity contribution is 0.0696. The van der Waals surface area contributed by atoms with Crippen LogP contribution in [0.4, 0.5) is 15.9 Å². The Bertz CT molecular complexity index is 844. The number of carboxylic acids is 1. The van der Waals surface area contributed by atoms with Crippen LogP contribution in [0.25, 0.3) is 11.0 Å². The van der Waals surface area contributed by atoms with Gasteiger partial charge in [-0.3, -0.25) is 0 Å². The van der Waals surface area contributed by atoms with E-state index in [9.17, 15) is 9.18 Å². The highest BCUT2D eigenvalue weighted by Gasteiger charge is 2.11. The fourth-order valence-corrected chi connectivity index (χ4v) is 2.03. The van der Waals surface area contributed by atoms with Crippen LogP contribution >= 0.6 is 0 Å². The number of hydrogen-bond donors (Lipinski definition) is 2. The number of aromatic carboxylic acids is 1. The molecular formula is C14H11FN4O2. The first-order valence-corrected chi connectivity index (χ1v) is 6.12. The molecule has 0 atom stereocenters. The third-order valence-electron chi connectivity index (χ3n) is 3.11. The molecule has 106 valence electrons. The van der Waals surface area contributed by atoms with Gasteiger partial charge in [0.2, 0.25) is 0 Å². The molecule has 2 N–H and O–H groups in total. The second-order valence-corrected chi connectivity index (χ2v) is 4.51. The van der Waals surface area contributed by atoms with Crippen molar-refractivity contribution in [2.45, 2.75) is 0 Å². The number of halogens is 1. The van der Waals surface area contributed by atoms with Gasteiger partial charge in [-0.25, -0.2) is 19.2 Å². The molecule has 0 saturated heterocycles. The molecule has 0 unspecified atom stereocenters. The molecule has 0 spiro atoms. The average Bonchev–Trinajstić information content (AvgIpc) is 2.84. The first-order valence-electron chi connectivity index (χ1n) is 6.12. The Morgan fingerprint density at radius 1 is 1.33 bits per heavy atom.